The van der Waals surface area contributed by atoms with Gasteiger partial charge in [0.2, 0.25) is 6.10 Å². The lowest BCUT2D eigenvalue weighted by molar-refractivity contribution is -0.189. The molecule has 0 bridgehead atoms. The van der Waals surface area contributed by atoms with Gasteiger partial charge >= 0.3 is 6.18 Å². The summed E-state index contributed by atoms with van der Waals surface area (Å²) in [6.07, 6.45) is -3.77. The number of carbonyl (C=O) groups excluding carboxylic acids is 1. The van der Waals surface area contributed by atoms with Gasteiger partial charge in [-0.2, -0.15) is 13.2 Å². The zero-order valence-electron chi connectivity index (χ0n) is 13.4. The third kappa shape index (κ3) is 4.11. The molecule has 1 saturated carbocycles. The molecule has 0 unspecified atom stereocenters. The molecule has 8 heteroatoms. The van der Waals surface area contributed by atoms with Crippen molar-refractivity contribution in [3.8, 4) is 0 Å². The van der Waals surface area contributed by atoms with E-state index in [0.717, 1.165) is 0 Å². The van der Waals surface area contributed by atoms with E-state index in [1.165, 1.54) is 18.2 Å². The van der Waals surface area contributed by atoms with Crippen LogP contribution in [0.3, 0.4) is 0 Å². The molecular formula is C17H18F4N2O2. The second-order valence-corrected chi connectivity index (χ2v) is 6.39. The van der Waals surface area contributed by atoms with Crippen molar-refractivity contribution >= 4 is 11.6 Å². The Balaban J connectivity index is 1.61. The number of halogens is 4. The normalized spacial score (nSPS) is 26.7. The summed E-state index contributed by atoms with van der Waals surface area (Å²) in [4.78, 5) is 17.3. The summed E-state index contributed by atoms with van der Waals surface area (Å²) < 4.78 is 52.6. The molecule has 0 saturated heterocycles. The largest absolute Gasteiger partial charge is 0.393 e. The van der Waals surface area contributed by atoms with Gasteiger partial charge in [-0.3, -0.25) is 4.79 Å². The molecule has 4 nitrogen and oxygen atoms in total. The Labute approximate surface area is 142 Å². The van der Waals surface area contributed by atoms with E-state index in [-0.39, 0.29) is 12.8 Å². The molecule has 2 aliphatic rings. The lowest BCUT2D eigenvalue weighted by Crippen LogP contribution is -2.50. The number of hydrogen-bond acceptors (Lipinski definition) is 3. The molecule has 25 heavy (non-hydrogen) atoms. The maximum atomic E-state index is 13.3. The number of alkyl halides is 3. The van der Waals surface area contributed by atoms with Crippen LogP contribution in [0.5, 0.6) is 0 Å². The number of oxime groups is 1. The van der Waals surface area contributed by atoms with Crippen molar-refractivity contribution in [3.63, 3.8) is 0 Å². The lowest BCUT2D eigenvalue weighted by atomic mass is 9.84. The van der Waals surface area contributed by atoms with Crippen molar-refractivity contribution in [2.24, 2.45) is 11.1 Å². The molecule has 1 fully saturated rings. The summed E-state index contributed by atoms with van der Waals surface area (Å²) in [7, 11) is 0. The van der Waals surface area contributed by atoms with Crippen molar-refractivity contribution in [3.05, 3.63) is 35.6 Å². The number of amides is 1. The quantitative estimate of drug-likeness (QED) is 0.840. The van der Waals surface area contributed by atoms with Crippen molar-refractivity contribution in [1.82, 2.24) is 5.32 Å². The minimum absolute atomic E-state index is 0.0189. The minimum Gasteiger partial charge on any atom is -0.382 e. The summed E-state index contributed by atoms with van der Waals surface area (Å²) in [6, 6.07) is 4.75. The summed E-state index contributed by atoms with van der Waals surface area (Å²) in [5.74, 6) is -2.59. The van der Waals surface area contributed by atoms with Gasteiger partial charge in [-0.15, -0.1) is 0 Å². The van der Waals surface area contributed by atoms with Crippen LogP contribution in [0, 0.1) is 11.7 Å². The first kappa shape index (κ1) is 17.7. The predicted molar refractivity (Wildman–Crippen MR) is 82.4 cm³/mol. The number of carbonyl (C=O) groups is 1. The third-order valence-electron chi connectivity index (χ3n) is 4.63. The molecule has 1 aromatic carbocycles. The smallest absolute Gasteiger partial charge is 0.382 e. The SMILES string of the molecule is O=C(N[C@H]1CCCC[C@@H]1C(F)(F)F)[C@@H]1CC(c2cccc(F)c2)=NO1. The van der Waals surface area contributed by atoms with Gasteiger partial charge in [0.15, 0.2) is 0 Å². The van der Waals surface area contributed by atoms with Crippen LogP contribution in [0.4, 0.5) is 17.6 Å². The van der Waals surface area contributed by atoms with E-state index in [9.17, 15) is 22.4 Å². The highest BCUT2D eigenvalue weighted by atomic mass is 19.4. The highest BCUT2D eigenvalue weighted by Gasteiger charge is 2.46. The molecule has 0 aromatic heterocycles. The number of hydrogen-bond donors (Lipinski definition) is 1. The van der Waals surface area contributed by atoms with Crippen molar-refractivity contribution in [1.29, 1.82) is 0 Å². The molecule has 0 spiro atoms. The highest BCUT2D eigenvalue weighted by Crippen LogP contribution is 2.37. The summed E-state index contributed by atoms with van der Waals surface area (Å²) >= 11 is 0. The standard InChI is InChI=1S/C17H18F4N2O2/c18-11-5-3-4-10(8-11)14-9-15(25-23-14)16(24)22-13-7-2-1-6-12(13)17(19,20)21/h3-5,8,12-13,15H,1-2,6-7,9H2,(H,22,24)/t12-,13-,15-/m0/s1. The maximum absolute atomic E-state index is 13.3. The van der Waals surface area contributed by atoms with E-state index >= 15 is 0 Å². The first-order valence-corrected chi connectivity index (χ1v) is 8.20. The molecule has 1 N–H and O–H groups in total. The fourth-order valence-electron chi connectivity index (χ4n) is 3.33. The van der Waals surface area contributed by atoms with E-state index in [2.05, 4.69) is 10.5 Å². The average molecular weight is 358 g/mol. The van der Waals surface area contributed by atoms with Crippen LogP contribution in [0.25, 0.3) is 0 Å². The molecule has 1 aliphatic carbocycles. The summed E-state index contributed by atoms with van der Waals surface area (Å²) in [5, 5.41) is 6.25. The van der Waals surface area contributed by atoms with Gasteiger partial charge in [-0.25, -0.2) is 4.39 Å². The predicted octanol–water partition coefficient (Wildman–Crippen LogP) is 3.56. The van der Waals surface area contributed by atoms with Crippen LogP contribution in [0.2, 0.25) is 0 Å². The zero-order valence-corrected chi connectivity index (χ0v) is 13.4. The van der Waals surface area contributed by atoms with Crippen molar-refractivity contribution in [2.75, 3.05) is 0 Å². The molecule has 1 aromatic rings. The molecule has 1 aliphatic heterocycles. The first-order valence-electron chi connectivity index (χ1n) is 8.20. The van der Waals surface area contributed by atoms with Crippen LogP contribution in [-0.2, 0) is 9.63 Å². The fraction of sp³-hybridized carbons (Fsp3) is 0.529. The lowest BCUT2D eigenvalue weighted by Gasteiger charge is -2.33. The molecule has 136 valence electrons. The van der Waals surface area contributed by atoms with Crippen LogP contribution >= 0.6 is 0 Å². The van der Waals surface area contributed by atoms with Crippen LogP contribution < -0.4 is 5.32 Å². The number of benzene rings is 1. The van der Waals surface area contributed by atoms with E-state index in [4.69, 9.17) is 4.84 Å². The Bertz CT molecular complexity index is 675. The van der Waals surface area contributed by atoms with Gasteiger partial charge < -0.3 is 10.2 Å². The maximum Gasteiger partial charge on any atom is 0.393 e. The van der Waals surface area contributed by atoms with E-state index in [0.29, 0.717) is 30.5 Å². The Morgan fingerprint density at radius 1 is 1.24 bits per heavy atom. The first-order chi connectivity index (χ1) is 11.8. The molecule has 1 heterocycles. The van der Waals surface area contributed by atoms with Gasteiger partial charge in [-0.1, -0.05) is 30.1 Å². The third-order valence-corrected chi connectivity index (χ3v) is 4.63. The van der Waals surface area contributed by atoms with Crippen molar-refractivity contribution in [2.45, 2.75) is 50.4 Å². The Morgan fingerprint density at radius 2 is 2.00 bits per heavy atom. The second-order valence-electron chi connectivity index (χ2n) is 6.39. The Morgan fingerprint density at radius 3 is 2.72 bits per heavy atom. The van der Waals surface area contributed by atoms with Gasteiger partial charge in [0.05, 0.1) is 11.6 Å². The number of rotatable bonds is 3. The zero-order chi connectivity index (χ0) is 18.0. The monoisotopic (exact) mass is 358 g/mol. The molecule has 1 amide bonds. The van der Waals surface area contributed by atoms with Gasteiger partial charge in [0.25, 0.3) is 5.91 Å². The second kappa shape index (κ2) is 7.01. The summed E-state index contributed by atoms with van der Waals surface area (Å²) in [5.41, 5.74) is 0.886. The molecule has 0 radical (unpaired) electrons. The van der Waals surface area contributed by atoms with E-state index < -0.39 is 36.0 Å². The van der Waals surface area contributed by atoms with Gasteiger partial charge in [-0.05, 0) is 25.0 Å². The molecular weight excluding hydrogens is 340 g/mol. The summed E-state index contributed by atoms with van der Waals surface area (Å²) in [6.45, 7) is 0. The van der Waals surface area contributed by atoms with Crippen LogP contribution in [-0.4, -0.2) is 29.9 Å². The average Bonchev–Trinajstić information content (AvgIpc) is 3.04. The molecule has 3 rings (SSSR count). The number of nitrogens with one attached hydrogen (secondary N) is 1. The van der Waals surface area contributed by atoms with E-state index in [1.54, 1.807) is 6.07 Å². The Kier molecular flexibility index (Phi) is 4.96. The van der Waals surface area contributed by atoms with E-state index in [1.807, 2.05) is 0 Å². The van der Waals surface area contributed by atoms with Crippen molar-refractivity contribution < 1.29 is 27.2 Å². The molecule has 3 atom stereocenters. The Hall–Kier alpha value is -2.12. The van der Waals surface area contributed by atoms with Gasteiger partial charge in [0, 0.05) is 18.0 Å². The van der Waals surface area contributed by atoms with Crippen LogP contribution in [0.15, 0.2) is 29.4 Å². The minimum atomic E-state index is -4.34. The van der Waals surface area contributed by atoms with Gasteiger partial charge in [0.1, 0.15) is 5.82 Å². The number of nitrogens with zero attached hydrogens (tertiary/aromatic N) is 1. The van der Waals surface area contributed by atoms with Crippen LogP contribution in [0.1, 0.15) is 37.7 Å². The highest BCUT2D eigenvalue weighted by molar-refractivity contribution is 6.04. The fourth-order valence-corrected chi connectivity index (χ4v) is 3.33. The topological polar surface area (TPSA) is 50.7 Å².